The highest BCUT2D eigenvalue weighted by Gasteiger charge is 2.35. The fourth-order valence-corrected chi connectivity index (χ4v) is 5.64. The van der Waals surface area contributed by atoms with E-state index in [9.17, 15) is 26.4 Å². The molecule has 0 fully saturated rings. The minimum atomic E-state index is -4.57. The van der Waals surface area contributed by atoms with E-state index in [1.807, 2.05) is 0 Å². The van der Waals surface area contributed by atoms with E-state index in [2.05, 4.69) is 14.8 Å². The molecule has 0 saturated carbocycles. The molecule has 3 heterocycles. The molecular weight excluding hydrogens is 465 g/mol. The molecule has 0 spiro atoms. The molecule has 14 heteroatoms. The molecule has 3 rings (SSSR count). The zero-order valence-electron chi connectivity index (χ0n) is 15.6. The number of aromatic nitrogens is 3. The third kappa shape index (κ3) is 4.99. The van der Waals surface area contributed by atoms with Crippen molar-refractivity contribution >= 4 is 43.8 Å². The van der Waals surface area contributed by atoms with Gasteiger partial charge in [-0.2, -0.15) is 18.3 Å². The van der Waals surface area contributed by atoms with E-state index in [4.69, 9.17) is 4.74 Å². The lowest BCUT2D eigenvalue weighted by Gasteiger charge is -2.04. The summed E-state index contributed by atoms with van der Waals surface area (Å²) in [7, 11) is -2.85. The minimum Gasteiger partial charge on any atom is -0.466 e. The van der Waals surface area contributed by atoms with E-state index in [-0.39, 0.29) is 32.9 Å². The first-order valence-electron chi connectivity index (χ1n) is 8.34. The second-order valence-electron chi connectivity index (χ2n) is 5.89. The maximum Gasteiger partial charge on any atom is 0.433 e. The molecule has 0 saturated heterocycles. The summed E-state index contributed by atoms with van der Waals surface area (Å²) in [5.74, 6) is -0.478. The van der Waals surface area contributed by atoms with Crippen molar-refractivity contribution < 1.29 is 31.1 Å². The summed E-state index contributed by atoms with van der Waals surface area (Å²) in [5.41, 5.74) is -0.566. The lowest BCUT2D eigenvalue weighted by Crippen LogP contribution is -2.12. The van der Waals surface area contributed by atoms with Crippen LogP contribution in [0.1, 0.15) is 18.3 Å². The van der Waals surface area contributed by atoms with Gasteiger partial charge >= 0.3 is 12.1 Å². The molecule has 162 valence electrons. The van der Waals surface area contributed by atoms with Gasteiger partial charge in [0.2, 0.25) is 0 Å². The Balaban J connectivity index is 1.77. The van der Waals surface area contributed by atoms with E-state index < -0.39 is 27.9 Å². The number of alkyl halides is 3. The standard InChI is InChI=1S/C16H15F3N4O4S3/c1-3-27-13(24)6-9-8-28-15(20-9)22-30(25,26)14-5-4-11(29-14)10-7-12(16(17,18)19)23(2)21-10/h4-5,7-8H,3,6H2,1-2H3,(H,20,22). The molecule has 0 unspecified atom stereocenters. The normalized spacial score (nSPS) is 12.2. The largest absolute Gasteiger partial charge is 0.466 e. The molecule has 0 radical (unpaired) electrons. The van der Waals surface area contributed by atoms with Gasteiger partial charge in [-0.3, -0.25) is 14.2 Å². The molecule has 0 bridgehead atoms. The van der Waals surface area contributed by atoms with Crippen LogP contribution in [0, 0.1) is 0 Å². The lowest BCUT2D eigenvalue weighted by atomic mass is 10.3. The molecule has 0 aliphatic rings. The first-order chi connectivity index (χ1) is 14.0. The van der Waals surface area contributed by atoms with Crippen molar-refractivity contribution in [3.8, 4) is 10.6 Å². The first-order valence-corrected chi connectivity index (χ1v) is 11.5. The number of esters is 1. The molecule has 30 heavy (non-hydrogen) atoms. The van der Waals surface area contributed by atoms with E-state index in [0.717, 1.165) is 35.8 Å². The molecule has 3 aromatic rings. The zero-order valence-corrected chi connectivity index (χ0v) is 18.0. The van der Waals surface area contributed by atoms with Gasteiger partial charge in [-0.15, -0.1) is 22.7 Å². The van der Waals surface area contributed by atoms with Crippen LogP contribution in [0.2, 0.25) is 0 Å². The number of carbonyl (C=O) groups excluding carboxylic acids is 1. The van der Waals surface area contributed by atoms with Crippen molar-refractivity contribution in [2.24, 2.45) is 7.05 Å². The van der Waals surface area contributed by atoms with Crippen LogP contribution in [0.4, 0.5) is 18.3 Å². The van der Waals surface area contributed by atoms with Gasteiger partial charge in [0.15, 0.2) is 5.13 Å². The highest BCUT2D eigenvalue weighted by atomic mass is 32.2. The van der Waals surface area contributed by atoms with Crippen molar-refractivity contribution in [1.29, 1.82) is 0 Å². The predicted octanol–water partition coefficient (Wildman–Crippen LogP) is 3.53. The number of anilines is 1. The van der Waals surface area contributed by atoms with Crippen LogP contribution in [0.5, 0.6) is 0 Å². The Hall–Kier alpha value is -2.45. The average Bonchev–Trinajstić information content (AvgIpc) is 3.33. The summed E-state index contributed by atoms with van der Waals surface area (Å²) >= 11 is 1.78. The van der Waals surface area contributed by atoms with Crippen LogP contribution in [0.3, 0.4) is 0 Å². The van der Waals surface area contributed by atoms with Crippen molar-refractivity contribution in [2.75, 3.05) is 11.3 Å². The molecular formula is C16H15F3N4O4S3. The minimum absolute atomic E-state index is 0.0160. The molecule has 8 nitrogen and oxygen atoms in total. The van der Waals surface area contributed by atoms with Gasteiger partial charge in [0, 0.05) is 12.4 Å². The van der Waals surface area contributed by atoms with Gasteiger partial charge in [-0.25, -0.2) is 13.4 Å². The molecule has 0 amide bonds. The van der Waals surface area contributed by atoms with Crippen LogP contribution < -0.4 is 4.72 Å². The molecule has 0 aromatic carbocycles. The number of hydrogen-bond acceptors (Lipinski definition) is 8. The zero-order chi connectivity index (χ0) is 22.1. The Kier molecular flexibility index (Phi) is 6.19. The number of rotatable bonds is 7. The third-order valence-corrected chi connectivity index (χ3v) is 7.55. The van der Waals surface area contributed by atoms with Crippen LogP contribution in [0.15, 0.2) is 27.8 Å². The smallest absolute Gasteiger partial charge is 0.433 e. The topological polar surface area (TPSA) is 103 Å². The van der Waals surface area contributed by atoms with Crippen LogP contribution >= 0.6 is 22.7 Å². The summed E-state index contributed by atoms with van der Waals surface area (Å²) in [6, 6.07) is 3.52. The second-order valence-corrected chi connectivity index (χ2v) is 9.74. The maximum absolute atomic E-state index is 12.9. The van der Waals surface area contributed by atoms with Crippen molar-refractivity contribution in [1.82, 2.24) is 14.8 Å². The SMILES string of the molecule is CCOC(=O)Cc1csc(NS(=O)(=O)c2ccc(-c3cc(C(F)(F)F)n(C)n3)s2)n1. The summed E-state index contributed by atoms with van der Waals surface area (Å²) in [6.07, 6.45) is -4.66. The highest BCUT2D eigenvalue weighted by molar-refractivity contribution is 7.95. The number of nitrogens with one attached hydrogen (secondary N) is 1. The Morgan fingerprint density at radius 3 is 2.70 bits per heavy atom. The Labute approximate surface area is 177 Å². The predicted molar refractivity (Wildman–Crippen MR) is 105 cm³/mol. The Morgan fingerprint density at radius 2 is 2.07 bits per heavy atom. The first kappa shape index (κ1) is 22.2. The number of nitrogens with zero attached hydrogens (tertiary/aromatic N) is 3. The molecule has 3 aromatic heterocycles. The Bertz CT molecular complexity index is 1160. The number of sulfonamides is 1. The monoisotopic (exact) mass is 480 g/mol. The number of thiazole rings is 1. The van der Waals surface area contributed by atoms with Crippen molar-refractivity contribution in [3.05, 3.63) is 35.0 Å². The third-order valence-electron chi connectivity index (χ3n) is 3.67. The highest BCUT2D eigenvalue weighted by Crippen LogP contribution is 2.35. The Morgan fingerprint density at radius 1 is 1.33 bits per heavy atom. The fraction of sp³-hybridized carbons (Fsp3) is 0.312. The van der Waals surface area contributed by atoms with Gasteiger partial charge in [-0.05, 0) is 25.1 Å². The quantitative estimate of drug-likeness (QED) is 0.519. The number of thiophene rings is 1. The molecule has 0 atom stereocenters. The van der Waals surface area contributed by atoms with E-state index >= 15 is 0 Å². The fourth-order valence-electron chi connectivity index (χ4n) is 2.42. The van der Waals surface area contributed by atoms with Gasteiger partial charge < -0.3 is 4.74 Å². The number of carbonyl (C=O) groups is 1. The lowest BCUT2D eigenvalue weighted by molar-refractivity contribution is -0.144. The van der Waals surface area contributed by atoms with E-state index in [1.165, 1.54) is 17.5 Å². The van der Waals surface area contributed by atoms with Crippen molar-refractivity contribution in [2.45, 2.75) is 23.7 Å². The maximum atomic E-state index is 12.9. The van der Waals surface area contributed by atoms with E-state index in [1.54, 1.807) is 6.92 Å². The number of ether oxygens (including phenoxy) is 1. The summed E-state index contributed by atoms with van der Waals surface area (Å²) in [5, 5.41) is 5.40. The van der Waals surface area contributed by atoms with E-state index in [0.29, 0.717) is 10.4 Å². The summed E-state index contributed by atoms with van der Waals surface area (Å²) in [6.45, 7) is 1.90. The van der Waals surface area contributed by atoms with Gasteiger partial charge in [0.05, 0.1) is 23.6 Å². The van der Waals surface area contributed by atoms with Crippen LogP contribution in [-0.2, 0) is 39.2 Å². The number of halogens is 3. The van der Waals surface area contributed by atoms with Gasteiger partial charge in [0.1, 0.15) is 15.6 Å². The number of aryl methyl sites for hydroxylation is 1. The summed E-state index contributed by atoms with van der Waals surface area (Å²) < 4.78 is 71.7. The molecule has 0 aliphatic heterocycles. The average molecular weight is 481 g/mol. The molecule has 0 aliphatic carbocycles. The molecule has 1 N–H and O–H groups in total. The summed E-state index contributed by atoms with van der Waals surface area (Å²) in [4.78, 5) is 15.8. The van der Waals surface area contributed by atoms with Crippen LogP contribution in [-0.4, -0.2) is 35.8 Å². The van der Waals surface area contributed by atoms with Gasteiger partial charge in [-0.1, -0.05) is 0 Å². The number of hydrogen-bond donors (Lipinski definition) is 1. The van der Waals surface area contributed by atoms with Crippen LogP contribution in [0.25, 0.3) is 10.6 Å². The van der Waals surface area contributed by atoms with Gasteiger partial charge in [0.25, 0.3) is 10.0 Å². The van der Waals surface area contributed by atoms with Crippen molar-refractivity contribution in [3.63, 3.8) is 0 Å². The second kappa shape index (κ2) is 8.35.